The van der Waals surface area contributed by atoms with E-state index in [9.17, 15) is 14.4 Å². The summed E-state index contributed by atoms with van der Waals surface area (Å²) in [4.78, 5) is 39.7. The molecule has 2 aromatic carbocycles. The Morgan fingerprint density at radius 2 is 1.58 bits per heavy atom. The van der Waals surface area contributed by atoms with Crippen LogP contribution < -0.4 is 10.1 Å². The monoisotopic (exact) mass is 522 g/mol. The van der Waals surface area contributed by atoms with Gasteiger partial charge < -0.3 is 19.7 Å². The molecule has 1 unspecified atom stereocenters. The fraction of sp³-hybridized carbons (Fsp3) is 0.516. The predicted molar refractivity (Wildman–Crippen MR) is 148 cm³/mol. The molecule has 1 atom stereocenters. The van der Waals surface area contributed by atoms with E-state index in [0.29, 0.717) is 37.6 Å². The molecule has 1 saturated heterocycles. The molecule has 2 amide bonds. The van der Waals surface area contributed by atoms with Crippen molar-refractivity contribution in [2.24, 2.45) is 0 Å². The van der Waals surface area contributed by atoms with Gasteiger partial charge in [-0.05, 0) is 36.2 Å². The summed E-state index contributed by atoms with van der Waals surface area (Å²) in [6, 6.07) is 16.1. The highest BCUT2D eigenvalue weighted by Crippen LogP contribution is 2.18. The molecule has 38 heavy (non-hydrogen) atoms. The summed E-state index contributed by atoms with van der Waals surface area (Å²) in [7, 11) is 0. The lowest BCUT2D eigenvalue weighted by atomic mass is 10.1. The van der Waals surface area contributed by atoms with Crippen LogP contribution >= 0.6 is 0 Å². The lowest BCUT2D eigenvalue weighted by Gasteiger charge is -2.34. The number of nitrogens with zero attached hydrogens (tertiary/aromatic N) is 1. The van der Waals surface area contributed by atoms with Crippen LogP contribution in [0.4, 0.5) is 0 Å². The van der Waals surface area contributed by atoms with Gasteiger partial charge in [-0.25, -0.2) is 0 Å². The molecular formula is C31H42N2O5. The molecule has 0 saturated carbocycles. The van der Waals surface area contributed by atoms with Crippen LogP contribution in [0.15, 0.2) is 54.6 Å². The normalized spacial score (nSPS) is 15.1. The maximum absolute atomic E-state index is 13.2. The summed E-state index contributed by atoms with van der Waals surface area (Å²) in [5.41, 5.74) is 1.65. The van der Waals surface area contributed by atoms with Gasteiger partial charge in [-0.3, -0.25) is 14.4 Å². The lowest BCUT2D eigenvalue weighted by Crippen LogP contribution is -2.57. The summed E-state index contributed by atoms with van der Waals surface area (Å²) in [6.07, 6.45) is 9.94. The summed E-state index contributed by atoms with van der Waals surface area (Å²) in [6.45, 7) is 3.79. The Hall–Kier alpha value is -3.35. The van der Waals surface area contributed by atoms with Crippen molar-refractivity contribution in [1.82, 2.24) is 10.2 Å². The van der Waals surface area contributed by atoms with Crippen LogP contribution in [0.5, 0.6) is 5.75 Å². The van der Waals surface area contributed by atoms with Crippen LogP contribution in [0.1, 0.15) is 80.6 Å². The molecule has 1 aliphatic heterocycles. The van der Waals surface area contributed by atoms with E-state index in [2.05, 4.69) is 24.4 Å². The lowest BCUT2D eigenvalue weighted by molar-refractivity contribution is -0.147. The Bertz CT molecular complexity index is 993. The van der Waals surface area contributed by atoms with E-state index in [-0.39, 0.29) is 18.2 Å². The number of esters is 1. The zero-order chi connectivity index (χ0) is 27.0. The minimum Gasteiger partial charge on any atom is -0.493 e. The first-order valence-corrected chi connectivity index (χ1v) is 14.1. The number of amides is 2. The minimum absolute atomic E-state index is 0.144. The topological polar surface area (TPSA) is 84.9 Å². The van der Waals surface area contributed by atoms with E-state index < -0.39 is 12.0 Å². The Morgan fingerprint density at radius 3 is 2.29 bits per heavy atom. The molecule has 7 nitrogen and oxygen atoms in total. The van der Waals surface area contributed by atoms with Crippen LogP contribution in [0.2, 0.25) is 0 Å². The van der Waals surface area contributed by atoms with Gasteiger partial charge in [-0.15, -0.1) is 0 Å². The summed E-state index contributed by atoms with van der Waals surface area (Å²) in [5, 5.41) is 2.76. The third kappa shape index (κ3) is 9.84. The first kappa shape index (κ1) is 29.2. The second kappa shape index (κ2) is 16.5. The molecule has 1 aliphatic rings. The molecule has 1 fully saturated rings. The minimum atomic E-state index is -0.871. The number of piperazine rings is 1. The van der Waals surface area contributed by atoms with Crippen LogP contribution in [-0.2, 0) is 20.7 Å². The van der Waals surface area contributed by atoms with Gasteiger partial charge in [0, 0.05) is 25.1 Å². The van der Waals surface area contributed by atoms with Crippen molar-refractivity contribution in [2.45, 2.75) is 77.2 Å². The van der Waals surface area contributed by atoms with Crippen molar-refractivity contribution in [1.29, 1.82) is 0 Å². The predicted octanol–water partition coefficient (Wildman–Crippen LogP) is 5.32. The Labute approximate surface area is 226 Å². The number of nitrogens with one attached hydrogen (secondary N) is 1. The SMILES string of the molecule is CCCCCCCCCCOC(=O)CC1C(=O)NCCN1C(=O)c1ccc(OCCc2ccccc2)cc1. The number of hydrogen-bond acceptors (Lipinski definition) is 5. The van der Waals surface area contributed by atoms with Gasteiger partial charge >= 0.3 is 5.97 Å². The Kier molecular flexibility index (Phi) is 12.7. The van der Waals surface area contributed by atoms with Crippen molar-refractivity contribution < 1.29 is 23.9 Å². The van der Waals surface area contributed by atoms with Gasteiger partial charge in [0.1, 0.15) is 11.8 Å². The molecule has 0 bridgehead atoms. The van der Waals surface area contributed by atoms with E-state index in [4.69, 9.17) is 9.47 Å². The highest BCUT2D eigenvalue weighted by atomic mass is 16.5. The van der Waals surface area contributed by atoms with Crippen LogP contribution in [0, 0.1) is 0 Å². The zero-order valence-corrected chi connectivity index (χ0v) is 22.7. The Morgan fingerprint density at radius 1 is 0.895 bits per heavy atom. The third-order valence-electron chi connectivity index (χ3n) is 6.82. The number of carbonyl (C=O) groups is 3. The van der Waals surface area contributed by atoms with Crippen molar-refractivity contribution in [2.75, 3.05) is 26.3 Å². The van der Waals surface area contributed by atoms with E-state index >= 15 is 0 Å². The molecule has 3 rings (SSSR count). The maximum Gasteiger partial charge on any atom is 0.308 e. The van der Waals surface area contributed by atoms with Crippen LogP contribution in [-0.4, -0.2) is 55.0 Å². The molecule has 0 aliphatic carbocycles. The first-order chi connectivity index (χ1) is 18.6. The van der Waals surface area contributed by atoms with Crippen molar-refractivity contribution in [3.05, 3.63) is 65.7 Å². The summed E-state index contributed by atoms with van der Waals surface area (Å²) >= 11 is 0. The van der Waals surface area contributed by atoms with Crippen LogP contribution in [0.25, 0.3) is 0 Å². The molecule has 7 heteroatoms. The number of rotatable bonds is 16. The second-order valence-electron chi connectivity index (χ2n) is 9.81. The van der Waals surface area contributed by atoms with E-state index in [0.717, 1.165) is 25.7 Å². The highest BCUT2D eigenvalue weighted by molar-refractivity contribution is 5.99. The largest absolute Gasteiger partial charge is 0.493 e. The third-order valence-corrected chi connectivity index (χ3v) is 6.82. The molecule has 206 valence electrons. The molecule has 0 aromatic heterocycles. The van der Waals surface area contributed by atoms with Crippen molar-refractivity contribution >= 4 is 17.8 Å². The first-order valence-electron chi connectivity index (χ1n) is 14.1. The van der Waals surface area contributed by atoms with Crippen molar-refractivity contribution in [3.63, 3.8) is 0 Å². The summed E-state index contributed by atoms with van der Waals surface area (Å²) in [5.74, 6) is -0.379. The van der Waals surface area contributed by atoms with Crippen molar-refractivity contribution in [3.8, 4) is 5.75 Å². The number of hydrogen-bond donors (Lipinski definition) is 1. The van der Waals surface area contributed by atoms with Gasteiger partial charge in [0.25, 0.3) is 5.91 Å². The van der Waals surface area contributed by atoms with E-state index in [1.165, 1.54) is 42.6 Å². The van der Waals surface area contributed by atoms with Gasteiger partial charge in [-0.2, -0.15) is 0 Å². The second-order valence-corrected chi connectivity index (χ2v) is 9.81. The maximum atomic E-state index is 13.2. The molecule has 1 N–H and O–H groups in total. The zero-order valence-electron chi connectivity index (χ0n) is 22.7. The molecule has 2 aromatic rings. The van der Waals surface area contributed by atoms with Gasteiger partial charge in [0.15, 0.2) is 0 Å². The van der Waals surface area contributed by atoms with Gasteiger partial charge in [0.05, 0.1) is 19.6 Å². The Balaban J connectivity index is 1.43. The number of benzene rings is 2. The van der Waals surface area contributed by atoms with E-state index in [1.807, 2.05) is 18.2 Å². The quantitative estimate of drug-likeness (QED) is 0.238. The molecule has 0 radical (unpaired) electrons. The number of carbonyl (C=O) groups excluding carboxylic acids is 3. The van der Waals surface area contributed by atoms with Gasteiger partial charge in [0.2, 0.25) is 5.91 Å². The summed E-state index contributed by atoms with van der Waals surface area (Å²) < 4.78 is 11.2. The van der Waals surface area contributed by atoms with E-state index in [1.54, 1.807) is 24.3 Å². The van der Waals surface area contributed by atoms with Gasteiger partial charge in [-0.1, -0.05) is 82.2 Å². The standard InChI is InChI=1S/C31H42N2O5/c1-2-3-4-5-6-7-8-12-22-38-29(34)24-28-30(35)32-20-21-33(28)31(36)26-15-17-27(18-16-26)37-23-19-25-13-10-9-11-14-25/h9-11,13-18,28H,2-8,12,19-24H2,1H3,(H,32,35). The average Bonchev–Trinajstić information content (AvgIpc) is 2.94. The molecular weight excluding hydrogens is 480 g/mol. The highest BCUT2D eigenvalue weighted by Gasteiger charge is 2.35. The van der Waals surface area contributed by atoms with Crippen LogP contribution in [0.3, 0.4) is 0 Å². The fourth-order valence-electron chi connectivity index (χ4n) is 4.59. The molecule has 1 heterocycles. The number of ether oxygens (including phenoxy) is 2. The number of unbranched alkanes of at least 4 members (excludes halogenated alkanes) is 7. The smallest absolute Gasteiger partial charge is 0.308 e. The fourth-order valence-corrected chi connectivity index (χ4v) is 4.59. The average molecular weight is 523 g/mol. The molecule has 0 spiro atoms.